The third kappa shape index (κ3) is 3.81. The van der Waals surface area contributed by atoms with Crippen LogP contribution in [0.3, 0.4) is 0 Å². The van der Waals surface area contributed by atoms with E-state index < -0.39 is 0 Å². The van der Waals surface area contributed by atoms with Crippen molar-refractivity contribution in [2.45, 2.75) is 0 Å². The van der Waals surface area contributed by atoms with Crippen LogP contribution in [0.1, 0.15) is 15.9 Å². The minimum Gasteiger partial charge on any atom is -0.288 e. The number of hydrogen-bond acceptors (Lipinski definition) is 3. The molecule has 0 N–H and O–H groups in total. The van der Waals surface area contributed by atoms with Gasteiger partial charge in [0, 0.05) is 43.6 Å². The largest absolute Gasteiger partial charge is 0.288 e. The molecule has 2 aromatic heterocycles. The molecule has 5 heteroatoms. The number of halogens is 2. The molecule has 0 aliphatic heterocycles. The highest BCUT2D eigenvalue weighted by atomic mass is 79.9. The quantitative estimate of drug-likeness (QED) is 0.302. The maximum absolute atomic E-state index is 13.5. The van der Waals surface area contributed by atoms with Crippen molar-refractivity contribution in [3.8, 4) is 22.5 Å². The van der Waals surface area contributed by atoms with Crippen LogP contribution in [0.25, 0.3) is 22.5 Å². The highest BCUT2D eigenvalue weighted by molar-refractivity contribution is 9.10. The summed E-state index contributed by atoms with van der Waals surface area (Å²) in [5.74, 6) is -0.1000. The van der Waals surface area contributed by atoms with Crippen LogP contribution in [0.15, 0.2) is 94.1 Å². The van der Waals surface area contributed by atoms with Crippen molar-refractivity contribution in [2.75, 3.05) is 0 Å². The summed E-state index contributed by atoms with van der Waals surface area (Å²) in [6, 6.07) is 22.7. The van der Waals surface area contributed by atoms with Gasteiger partial charge in [-0.15, -0.1) is 0 Å². The van der Waals surface area contributed by atoms with Gasteiger partial charge < -0.3 is 0 Å². The zero-order valence-corrected chi connectivity index (χ0v) is 17.8. The Kier molecular flexibility index (Phi) is 5.46. The van der Waals surface area contributed by atoms with Gasteiger partial charge in [0.1, 0.15) is 0 Å². The summed E-state index contributed by atoms with van der Waals surface area (Å²) in [5, 5.41) is 0. The number of ketones is 1. The Bertz CT molecular complexity index is 1050. The summed E-state index contributed by atoms with van der Waals surface area (Å²) < 4.78 is 1.95. The fourth-order valence-corrected chi connectivity index (χ4v) is 3.53. The van der Waals surface area contributed by atoms with Crippen LogP contribution in [0.5, 0.6) is 0 Å². The summed E-state index contributed by atoms with van der Waals surface area (Å²) in [5.41, 5.74) is 4.20. The molecule has 136 valence electrons. The van der Waals surface area contributed by atoms with Gasteiger partial charge in [-0.05, 0) is 48.5 Å². The van der Waals surface area contributed by atoms with Crippen molar-refractivity contribution < 1.29 is 4.79 Å². The number of carbonyl (C=O) groups is 1. The molecule has 0 aliphatic carbocycles. The molecule has 0 atom stereocenters. The van der Waals surface area contributed by atoms with E-state index in [1.807, 2.05) is 60.7 Å². The molecule has 0 radical (unpaired) electrons. The van der Waals surface area contributed by atoms with E-state index in [9.17, 15) is 4.79 Å². The number of nitrogens with zero attached hydrogens (tertiary/aromatic N) is 2. The monoisotopic (exact) mass is 492 g/mol. The Morgan fingerprint density at radius 3 is 1.39 bits per heavy atom. The predicted octanol–water partition coefficient (Wildman–Crippen LogP) is 6.57. The SMILES string of the molecule is O=C(c1cccnc1-c1ccc(Br)cc1)c1cccnc1-c1ccc(Br)cc1. The Hall–Kier alpha value is -2.63. The van der Waals surface area contributed by atoms with E-state index in [1.165, 1.54) is 0 Å². The van der Waals surface area contributed by atoms with E-state index in [1.54, 1.807) is 24.5 Å². The van der Waals surface area contributed by atoms with Crippen molar-refractivity contribution in [1.29, 1.82) is 0 Å². The van der Waals surface area contributed by atoms with Crippen LogP contribution in [-0.4, -0.2) is 15.8 Å². The third-order valence-corrected chi connectivity index (χ3v) is 5.40. The lowest BCUT2D eigenvalue weighted by molar-refractivity contribution is 0.103. The second kappa shape index (κ2) is 8.17. The summed E-state index contributed by atoms with van der Waals surface area (Å²) >= 11 is 6.89. The number of carbonyl (C=O) groups excluding carboxylic acids is 1. The molecule has 0 fully saturated rings. The summed E-state index contributed by atoms with van der Waals surface area (Å²) in [6.45, 7) is 0. The molecule has 0 saturated heterocycles. The molecule has 3 nitrogen and oxygen atoms in total. The zero-order chi connectivity index (χ0) is 19.5. The smallest absolute Gasteiger partial charge is 0.197 e. The first-order valence-electron chi connectivity index (χ1n) is 8.60. The van der Waals surface area contributed by atoms with E-state index in [4.69, 9.17) is 0 Å². The highest BCUT2D eigenvalue weighted by Crippen LogP contribution is 2.29. The third-order valence-electron chi connectivity index (χ3n) is 4.34. The molecule has 0 spiro atoms. The molecule has 4 rings (SSSR count). The fraction of sp³-hybridized carbons (Fsp3) is 0. The van der Waals surface area contributed by atoms with Crippen LogP contribution in [0, 0.1) is 0 Å². The lowest BCUT2D eigenvalue weighted by Crippen LogP contribution is -2.07. The molecule has 0 aliphatic rings. The number of pyridine rings is 2. The van der Waals surface area contributed by atoms with Crippen molar-refractivity contribution in [3.63, 3.8) is 0 Å². The number of benzene rings is 2. The van der Waals surface area contributed by atoms with E-state index >= 15 is 0 Å². The second-order valence-corrected chi connectivity index (χ2v) is 7.97. The normalized spacial score (nSPS) is 10.6. The number of aromatic nitrogens is 2. The maximum Gasteiger partial charge on any atom is 0.197 e. The van der Waals surface area contributed by atoms with Gasteiger partial charge in [0.05, 0.1) is 11.4 Å². The van der Waals surface area contributed by atoms with Gasteiger partial charge in [0.2, 0.25) is 0 Å². The van der Waals surface area contributed by atoms with Gasteiger partial charge in [-0.2, -0.15) is 0 Å². The summed E-state index contributed by atoms with van der Waals surface area (Å²) in [4.78, 5) is 22.4. The Labute approximate surface area is 179 Å². The predicted molar refractivity (Wildman–Crippen MR) is 118 cm³/mol. The van der Waals surface area contributed by atoms with E-state index in [2.05, 4.69) is 41.8 Å². The highest BCUT2D eigenvalue weighted by Gasteiger charge is 2.20. The standard InChI is InChI=1S/C23H14Br2N2O/c24-17-9-5-15(6-10-17)21-19(3-1-13-26-21)23(28)20-4-2-14-27-22(20)16-7-11-18(25)12-8-16/h1-14H. The molecule has 4 aromatic rings. The molecule has 28 heavy (non-hydrogen) atoms. The minimum absolute atomic E-state index is 0.1000. The molecular weight excluding hydrogens is 480 g/mol. The van der Waals surface area contributed by atoms with Crippen LogP contribution in [0.4, 0.5) is 0 Å². The summed E-state index contributed by atoms with van der Waals surface area (Å²) in [6.07, 6.45) is 3.40. The molecule has 0 unspecified atom stereocenters. The van der Waals surface area contributed by atoms with E-state index in [0.717, 1.165) is 20.1 Å². The fourth-order valence-electron chi connectivity index (χ4n) is 3.00. The average Bonchev–Trinajstić information content (AvgIpc) is 2.74. The van der Waals surface area contributed by atoms with Crippen LogP contribution in [-0.2, 0) is 0 Å². The molecule has 2 heterocycles. The Balaban J connectivity index is 1.82. The van der Waals surface area contributed by atoms with Crippen molar-refractivity contribution in [1.82, 2.24) is 9.97 Å². The zero-order valence-electron chi connectivity index (χ0n) is 14.6. The van der Waals surface area contributed by atoms with Crippen LogP contribution < -0.4 is 0 Å². The first kappa shape index (κ1) is 18.7. The lowest BCUT2D eigenvalue weighted by atomic mass is 9.95. The van der Waals surface area contributed by atoms with Crippen molar-refractivity contribution in [3.05, 3.63) is 105 Å². The molecule has 0 saturated carbocycles. The van der Waals surface area contributed by atoms with Gasteiger partial charge in [-0.3, -0.25) is 14.8 Å². The van der Waals surface area contributed by atoms with Crippen molar-refractivity contribution in [2.24, 2.45) is 0 Å². The lowest BCUT2D eigenvalue weighted by Gasteiger charge is -2.11. The minimum atomic E-state index is -0.1000. The molecule has 2 aromatic carbocycles. The number of hydrogen-bond donors (Lipinski definition) is 0. The van der Waals surface area contributed by atoms with Gasteiger partial charge >= 0.3 is 0 Å². The second-order valence-electron chi connectivity index (χ2n) is 6.14. The molecular formula is C23H14Br2N2O. The summed E-state index contributed by atoms with van der Waals surface area (Å²) in [7, 11) is 0. The number of rotatable bonds is 4. The Morgan fingerprint density at radius 2 is 1.00 bits per heavy atom. The molecule has 0 amide bonds. The van der Waals surface area contributed by atoms with Crippen molar-refractivity contribution >= 4 is 37.6 Å². The van der Waals surface area contributed by atoms with E-state index in [-0.39, 0.29) is 5.78 Å². The van der Waals surface area contributed by atoms with Gasteiger partial charge in [-0.25, -0.2) is 0 Å². The van der Waals surface area contributed by atoms with Gasteiger partial charge in [0.25, 0.3) is 0 Å². The molecule has 0 bridgehead atoms. The first-order valence-corrected chi connectivity index (χ1v) is 10.2. The van der Waals surface area contributed by atoms with Gasteiger partial charge in [0.15, 0.2) is 5.78 Å². The van der Waals surface area contributed by atoms with E-state index in [0.29, 0.717) is 22.5 Å². The average molecular weight is 494 g/mol. The Morgan fingerprint density at radius 1 is 0.607 bits per heavy atom. The first-order chi connectivity index (χ1) is 13.6. The van der Waals surface area contributed by atoms with Crippen LogP contribution in [0.2, 0.25) is 0 Å². The topological polar surface area (TPSA) is 42.9 Å². The van der Waals surface area contributed by atoms with Gasteiger partial charge in [-0.1, -0.05) is 56.1 Å². The van der Waals surface area contributed by atoms with Crippen LogP contribution >= 0.6 is 31.9 Å². The maximum atomic E-state index is 13.5.